The van der Waals surface area contributed by atoms with Crippen molar-refractivity contribution in [1.82, 2.24) is 19.2 Å². The van der Waals surface area contributed by atoms with Gasteiger partial charge in [-0.05, 0) is 42.8 Å². The second kappa shape index (κ2) is 5.67. The van der Waals surface area contributed by atoms with Crippen molar-refractivity contribution in [1.29, 1.82) is 0 Å². The normalized spacial score (nSPS) is 17.2. The van der Waals surface area contributed by atoms with E-state index >= 15 is 0 Å². The summed E-state index contributed by atoms with van der Waals surface area (Å²) in [5.41, 5.74) is 3.53. The zero-order valence-corrected chi connectivity index (χ0v) is 15.5. The van der Waals surface area contributed by atoms with Gasteiger partial charge in [0.2, 0.25) is 5.78 Å². The molecular weight excluding hydrogens is 346 g/mol. The summed E-state index contributed by atoms with van der Waals surface area (Å²) >= 11 is 1.47. The molecule has 4 aromatic rings. The van der Waals surface area contributed by atoms with Crippen LogP contribution in [0.1, 0.15) is 24.7 Å². The lowest BCUT2D eigenvalue weighted by molar-refractivity contribution is 0.551. The van der Waals surface area contributed by atoms with Gasteiger partial charge >= 0.3 is 0 Å². The van der Waals surface area contributed by atoms with Crippen LogP contribution in [0.3, 0.4) is 0 Å². The minimum Gasteiger partial charge on any atom is -0.361 e. The lowest BCUT2D eigenvalue weighted by atomic mass is 9.97. The summed E-state index contributed by atoms with van der Waals surface area (Å²) in [6.45, 7) is 2.93. The van der Waals surface area contributed by atoms with E-state index < -0.39 is 0 Å². The van der Waals surface area contributed by atoms with Gasteiger partial charge in [-0.1, -0.05) is 18.2 Å². The third-order valence-electron chi connectivity index (χ3n) is 5.37. The SMILES string of the molecule is C[C@@H]1CCc2ccccc2N1Cc1nnc2n(C)c(=O)c3sccc3n12. The Kier molecular flexibility index (Phi) is 3.40. The van der Waals surface area contributed by atoms with Crippen LogP contribution in [0.5, 0.6) is 0 Å². The molecule has 0 radical (unpaired) electrons. The van der Waals surface area contributed by atoms with E-state index in [1.807, 2.05) is 15.8 Å². The molecule has 0 bridgehead atoms. The molecular formula is C19H19N5OS. The molecule has 7 heteroatoms. The highest BCUT2D eigenvalue weighted by atomic mass is 32.1. The number of thiophene rings is 1. The van der Waals surface area contributed by atoms with Crippen molar-refractivity contribution in [3.63, 3.8) is 0 Å². The van der Waals surface area contributed by atoms with Gasteiger partial charge in [0.1, 0.15) is 4.70 Å². The molecule has 1 aromatic carbocycles. The zero-order chi connectivity index (χ0) is 17.8. The molecule has 5 rings (SSSR count). The summed E-state index contributed by atoms with van der Waals surface area (Å²) < 4.78 is 4.35. The van der Waals surface area contributed by atoms with Gasteiger partial charge in [0.05, 0.1) is 12.1 Å². The number of nitrogens with zero attached hydrogens (tertiary/aromatic N) is 5. The Labute approximate surface area is 154 Å². The maximum absolute atomic E-state index is 12.5. The van der Waals surface area contributed by atoms with Crippen molar-refractivity contribution >= 4 is 33.0 Å². The van der Waals surface area contributed by atoms with Crippen molar-refractivity contribution in [3.8, 4) is 0 Å². The molecule has 6 nitrogen and oxygen atoms in total. The molecule has 0 saturated carbocycles. The summed E-state index contributed by atoms with van der Waals surface area (Å²) in [7, 11) is 1.76. The second-order valence-electron chi connectivity index (χ2n) is 6.90. The Hall–Kier alpha value is -2.67. The first kappa shape index (κ1) is 15.6. The molecule has 0 spiro atoms. The maximum Gasteiger partial charge on any atom is 0.272 e. The molecule has 3 aromatic heterocycles. The molecule has 0 fully saturated rings. The summed E-state index contributed by atoms with van der Waals surface area (Å²) in [4.78, 5) is 14.9. The fraction of sp³-hybridized carbons (Fsp3) is 0.316. The second-order valence-corrected chi connectivity index (χ2v) is 7.81. The van der Waals surface area contributed by atoms with Gasteiger partial charge < -0.3 is 4.90 Å². The quantitative estimate of drug-likeness (QED) is 0.548. The topological polar surface area (TPSA) is 55.4 Å². The highest BCUT2D eigenvalue weighted by Gasteiger charge is 2.25. The van der Waals surface area contributed by atoms with Gasteiger partial charge in [-0.25, -0.2) is 0 Å². The average molecular weight is 365 g/mol. The third kappa shape index (κ3) is 2.13. The van der Waals surface area contributed by atoms with Crippen LogP contribution in [0.15, 0.2) is 40.5 Å². The van der Waals surface area contributed by atoms with Crippen LogP contribution in [0.25, 0.3) is 16.0 Å². The zero-order valence-electron chi connectivity index (χ0n) is 14.7. The van der Waals surface area contributed by atoms with Crippen LogP contribution in [-0.4, -0.2) is 25.2 Å². The highest BCUT2D eigenvalue weighted by Crippen LogP contribution is 2.32. The van der Waals surface area contributed by atoms with E-state index in [-0.39, 0.29) is 5.56 Å². The van der Waals surface area contributed by atoms with E-state index in [9.17, 15) is 4.79 Å². The van der Waals surface area contributed by atoms with Crippen LogP contribution in [-0.2, 0) is 20.0 Å². The first-order valence-corrected chi connectivity index (χ1v) is 9.68. The fourth-order valence-corrected chi connectivity index (χ4v) is 4.76. The number of hydrogen-bond acceptors (Lipinski definition) is 5. The van der Waals surface area contributed by atoms with Gasteiger partial charge in [-0.2, -0.15) is 0 Å². The number of rotatable bonds is 2. The first-order chi connectivity index (χ1) is 12.6. The van der Waals surface area contributed by atoms with Crippen molar-refractivity contribution in [3.05, 3.63) is 57.5 Å². The molecule has 1 atom stereocenters. The van der Waals surface area contributed by atoms with Crippen molar-refractivity contribution < 1.29 is 0 Å². The lowest BCUT2D eigenvalue weighted by Gasteiger charge is -2.36. The largest absolute Gasteiger partial charge is 0.361 e. The Bertz CT molecular complexity index is 1190. The van der Waals surface area contributed by atoms with Gasteiger partial charge in [0.15, 0.2) is 5.82 Å². The number of aryl methyl sites for hydroxylation is 2. The fourth-order valence-electron chi connectivity index (χ4n) is 3.91. The van der Waals surface area contributed by atoms with Gasteiger partial charge in [-0.15, -0.1) is 21.5 Å². The van der Waals surface area contributed by atoms with Crippen LogP contribution >= 0.6 is 11.3 Å². The minimum atomic E-state index is -0.0156. The van der Waals surface area contributed by atoms with Crippen molar-refractivity contribution in [2.45, 2.75) is 32.4 Å². The molecule has 0 aliphatic carbocycles. The number of para-hydroxylation sites is 1. The molecule has 0 N–H and O–H groups in total. The molecule has 132 valence electrons. The maximum atomic E-state index is 12.5. The van der Waals surface area contributed by atoms with E-state index in [4.69, 9.17) is 0 Å². The number of aromatic nitrogens is 4. The summed E-state index contributed by atoms with van der Waals surface area (Å²) in [6.07, 6.45) is 2.23. The Morgan fingerprint density at radius 1 is 1.23 bits per heavy atom. The highest BCUT2D eigenvalue weighted by molar-refractivity contribution is 7.17. The number of fused-ring (bicyclic) bond motifs is 4. The minimum absolute atomic E-state index is 0.0156. The monoisotopic (exact) mass is 365 g/mol. The standard InChI is InChI=1S/C19H19N5OS/c1-12-7-8-13-5-3-4-6-14(13)23(12)11-16-20-21-19-22(2)18(25)17-15(24(16)19)9-10-26-17/h3-6,9-10,12H,7-8,11H2,1-2H3/t12-/m1/s1. The number of benzene rings is 1. The summed E-state index contributed by atoms with van der Waals surface area (Å²) in [6, 6.07) is 11.0. The van der Waals surface area contributed by atoms with Crippen LogP contribution < -0.4 is 10.5 Å². The molecule has 1 aliphatic heterocycles. The third-order valence-corrected chi connectivity index (χ3v) is 6.27. The molecule has 1 aliphatic rings. The van der Waals surface area contributed by atoms with Crippen LogP contribution in [0.2, 0.25) is 0 Å². The van der Waals surface area contributed by atoms with E-state index in [1.54, 1.807) is 11.6 Å². The molecule has 0 unspecified atom stereocenters. The number of hydrogen-bond donors (Lipinski definition) is 0. The smallest absolute Gasteiger partial charge is 0.272 e. The molecule has 0 amide bonds. The molecule has 4 heterocycles. The van der Waals surface area contributed by atoms with Crippen LogP contribution in [0.4, 0.5) is 5.69 Å². The van der Waals surface area contributed by atoms with Gasteiger partial charge in [0.25, 0.3) is 5.56 Å². The summed E-state index contributed by atoms with van der Waals surface area (Å²) in [5, 5.41) is 10.7. The first-order valence-electron chi connectivity index (χ1n) is 8.80. The predicted molar refractivity (Wildman–Crippen MR) is 104 cm³/mol. The Morgan fingerprint density at radius 3 is 2.96 bits per heavy atom. The van der Waals surface area contributed by atoms with Crippen molar-refractivity contribution in [2.75, 3.05) is 4.90 Å². The summed E-state index contributed by atoms with van der Waals surface area (Å²) in [5.74, 6) is 1.46. The van der Waals surface area contributed by atoms with Crippen molar-refractivity contribution in [2.24, 2.45) is 7.05 Å². The lowest BCUT2D eigenvalue weighted by Crippen LogP contribution is -2.37. The van der Waals surface area contributed by atoms with E-state index in [2.05, 4.69) is 46.3 Å². The Morgan fingerprint density at radius 2 is 2.08 bits per heavy atom. The predicted octanol–water partition coefficient (Wildman–Crippen LogP) is 2.98. The van der Waals surface area contributed by atoms with E-state index in [0.717, 1.165) is 28.9 Å². The van der Waals surface area contributed by atoms with Gasteiger partial charge in [0, 0.05) is 18.8 Å². The average Bonchev–Trinajstić information content (AvgIpc) is 3.29. The number of anilines is 1. The van der Waals surface area contributed by atoms with Gasteiger partial charge in [-0.3, -0.25) is 13.8 Å². The van der Waals surface area contributed by atoms with Crippen LogP contribution in [0, 0.1) is 0 Å². The molecule has 0 saturated heterocycles. The Balaban J connectivity index is 1.69. The van der Waals surface area contributed by atoms with E-state index in [0.29, 0.717) is 18.4 Å². The molecule has 26 heavy (non-hydrogen) atoms. The van der Waals surface area contributed by atoms with E-state index in [1.165, 1.54) is 22.6 Å².